The number of hydrogen-bond donors (Lipinski definition) is 0. The number of aromatic nitrogens is 1. The zero-order chi connectivity index (χ0) is 14.5. The Labute approximate surface area is 126 Å². The topological polar surface area (TPSA) is 25.4 Å². The van der Waals surface area contributed by atoms with Crippen molar-refractivity contribution in [2.24, 2.45) is 0 Å². The number of nitrogens with zero attached hydrogens (tertiary/aromatic N) is 2. The number of hydrogen-bond acceptors (Lipinski definition) is 3. The molecule has 0 radical (unpaired) electrons. The third-order valence-electron chi connectivity index (χ3n) is 4.04. The van der Waals surface area contributed by atoms with E-state index in [9.17, 15) is 0 Å². The Bertz CT molecular complexity index is 562. The molecule has 1 aliphatic rings. The second-order valence-corrected chi connectivity index (χ2v) is 5.67. The molecule has 0 spiro atoms. The smallest absolute Gasteiger partial charge is 0.140 e. The van der Waals surface area contributed by atoms with Gasteiger partial charge in [-0.1, -0.05) is 30.3 Å². The average Bonchev–Trinajstić information content (AvgIpc) is 2.52. The van der Waals surface area contributed by atoms with Gasteiger partial charge in [-0.25, -0.2) is 0 Å². The largest absolute Gasteiger partial charge is 0.488 e. The normalized spacial score (nSPS) is 16.8. The van der Waals surface area contributed by atoms with Crippen LogP contribution < -0.4 is 4.74 Å². The predicted molar refractivity (Wildman–Crippen MR) is 84.3 cm³/mol. The van der Waals surface area contributed by atoms with Crippen molar-refractivity contribution in [1.29, 1.82) is 0 Å². The van der Waals surface area contributed by atoms with E-state index < -0.39 is 0 Å². The molecule has 1 aromatic carbocycles. The van der Waals surface area contributed by atoms with Crippen molar-refractivity contribution in [3.05, 3.63) is 59.9 Å². The van der Waals surface area contributed by atoms with Crippen LogP contribution in [0.5, 0.6) is 5.75 Å². The van der Waals surface area contributed by atoms with Crippen LogP contribution in [0.2, 0.25) is 0 Å². The zero-order valence-corrected chi connectivity index (χ0v) is 12.5. The van der Waals surface area contributed by atoms with E-state index in [1.165, 1.54) is 5.56 Å². The Balaban J connectivity index is 1.50. The molecular formula is C18H22N2O. The summed E-state index contributed by atoms with van der Waals surface area (Å²) < 4.78 is 6.10. The van der Waals surface area contributed by atoms with Crippen molar-refractivity contribution >= 4 is 0 Å². The van der Waals surface area contributed by atoms with Crippen LogP contribution in [0.15, 0.2) is 48.7 Å². The van der Waals surface area contributed by atoms with Crippen LogP contribution in [0.3, 0.4) is 0 Å². The molecule has 1 fully saturated rings. The summed E-state index contributed by atoms with van der Waals surface area (Å²) in [5.74, 6) is 0.930. The van der Waals surface area contributed by atoms with Crippen LogP contribution in [-0.4, -0.2) is 29.1 Å². The van der Waals surface area contributed by atoms with E-state index in [0.29, 0.717) is 6.10 Å². The summed E-state index contributed by atoms with van der Waals surface area (Å²) in [4.78, 5) is 6.79. The summed E-state index contributed by atoms with van der Waals surface area (Å²) in [7, 11) is 0. The predicted octanol–water partition coefficient (Wildman–Crippen LogP) is 3.43. The molecule has 110 valence electrons. The molecule has 1 saturated heterocycles. The first-order chi connectivity index (χ1) is 10.3. The third-order valence-corrected chi connectivity index (χ3v) is 4.04. The fourth-order valence-corrected chi connectivity index (χ4v) is 2.80. The van der Waals surface area contributed by atoms with Gasteiger partial charge in [0, 0.05) is 25.8 Å². The van der Waals surface area contributed by atoms with Crippen molar-refractivity contribution in [1.82, 2.24) is 9.88 Å². The van der Waals surface area contributed by atoms with Gasteiger partial charge in [-0.2, -0.15) is 0 Å². The molecule has 3 nitrogen and oxygen atoms in total. The molecule has 0 amide bonds. The lowest BCUT2D eigenvalue weighted by molar-refractivity contribution is 0.0959. The minimum Gasteiger partial charge on any atom is -0.488 e. The maximum Gasteiger partial charge on any atom is 0.140 e. The zero-order valence-electron chi connectivity index (χ0n) is 12.5. The first kappa shape index (κ1) is 14.1. The van der Waals surface area contributed by atoms with E-state index >= 15 is 0 Å². The summed E-state index contributed by atoms with van der Waals surface area (Å²) in [6, 6.07) is 14.6. The van der Waals surface area contributed by atoms with Crippen molar-refractivity contribution in [2.45, 2.75) is 32.4 Å². The van der Waals surface area contributed by atoms with Crippen molar-refractivity contribution in [3.8, 4) is 5.75 Å². The van der Waals surface area contributed by atoms with E-state index in [2.05, 4.69) is 40.2 Å². The van der Waals surface area contributed by atoms with Gasteiger partial charge in [0.1, 0.15) is 11.9 Å². The van der Waals surface area contributed by atoms with Crippen LogP contribution in [-0.2, 0) is 6.54 Å². The molecule has 1 aliphatic heterocycles. The Morgan fingerprint density at radius 2 is 1.86 bits per heavy atom. The number of pyridine rings is 1. The number of likely N-dealkylation sites (tertiary alicyclic amines) is 1. The molecule has 0 saturated carbocycles. The van der Waals surface area contributed by atoms with Gasteiger partial charge in [0.25, 0.3) is 0 Å². The van der Waals surface area contributed by atoms with Gasteiger partial charge in [-0.3, -0.25) is 9.88 Å². The number of benzene rings is 1. The molecule has 0 bridgehead atoms. The summed E-state index contributed by atoms with van der Waals surface area (Å²) in [5, 5.41) is 0. The van der Waals surface area contributed by atoms with Crippen LogP contribution in [0.25, 0.3) is 0 Å². The van der Waals surface area contributed by atoms with E-state index in [1.54, 1.807) is 0 Å². The fraction of sp³-hybridized carbons (Fsp3) is 0.389. The molecular weight excluding hydrogens is 260 g/mol. The third kappa shape index (κ3) is 3.82. The van der Waals surface area contributed by atoms with Gasteiger partial charge in [0.05, 0.1) is 5.69 Å². The lowest BCUT2D eigenvalue weighted by Crippen LogP contribution is -2.37. The number of ether oxygens (including phenoxy) is 1. The van der Waals surface area contributed by atoms with Gasteiger partial charge in [-0.15, -0.1) is 0 Å². The molecule has 1 aromatic heterocycles. The van der Waals surface area contributed by atoms with Crippen molar-refractivity contribution in [3.63, 3.8) is 0 Å². The maximum atomic E-state index is 6.10. The highest BCUT2D eigenvalue weighted by Gasteiger charge is 2.21. The quantitative estimate of drug-likeness (QED) is 0.859. The minimum atomic E-state index is 0.319. The van der Waals surface area contributed by atoms with E-state index in [1.807, 2.05) is 25.3 Å². The van der Waals surface area contributed by atoms with Crippen molar-refractivity contribution in [2.75, 3.05) is 13.1 Å². The Morgan fingerprint density at radius 3 is 2.57 bits per heavy atom. The number of piperidine rings is 1. The summed E-state index contributed by atoms with van der Waals surface area (Å²) in [6.45, 7) is 5.23. The van der Waals surface area contributed by atoms with Gasteiger partial charge in [-0.05, 0) is 37.5 Å². The van der Waals surface area contributed by atoms with E-state index in [4.69, 9.17) is 4.74 Å². The summed E-state index contributed by atoms with van der Waals surface area (Å²) in [6.07, 6.45) is 4.30. The Morgan fingerprint density at radius 1 is 1.10 bits per heavy atom. The minimum absolute atomic E-state index is 0.319. The van der Waals surface area contributed by atoms with E-state index in [0.717, 1.165) is 43.9 Å². The molecule has 2 aromatic rings. The molecule has 0 unspecified atom stereocenters. The second-order valence-electron chi connectivity index (χ2n) is 5.67. The highest BCUT2D eigenvalue weighted by Crippen LogP contribution is 2.21. The van der Waals surface area contributed by atoms with E-state index in [-0.39, 0.29) is 0 Å². The number of aryl methyl sites for hydroxylation is 1. The Kier molecular flexibility index (Phi) is 4.51. The second kappa shape index (κ2) is 6.72. The molecule has 0 atom stereocenters. The van der Waals surface area contributed by atoms with Crippen LogP contribution in [0, 0.1) is 6.92 Å². The number of rotatable bonds is 4. The van der Waals surface area contributed by atoms with Gasteiger partial charge >= 0.3 is 0 Å². The van der Waals surface area contributed by atoms with Crippen molar-refractivity contribution < 1.29 is 4.74 Å². The SMILES string of the molecule is Cc1ncccc1OC1CCN(Cc2ccccc2)CC1. The standard InChI is InChI=1S/C18H22N2O/c1-15-18(8-5-11-19-15)21-17-9-12-20(13-10-17)14-16-6-3-2-4-7-16/h2-8,11,17H,9-10,12-14H2,1H3. The Hall–Kier alpha value is -1.87. The molecule has 3 heteroatoms. The highest BCUT2D eigenvalue weighted by atomic mass is 16.5. The van der Waals surface area contributed by atoms with Gasteiger partial charge in [0.15, 0.2) is 0 Å². The highest BCUT2D eigenvalue weighted by molar-refractivity contribution is 5.25. The maximum absolute atomic E-state index is 6.10. The molecule has 21 heavy (non-hydrogen) atoms. The lowest BCUT2D eigenvalue weighted by Gasteiger charge is -2.32. The molecule has 0 N–H and O–H groups in total. The van der Waals surface area contributed by atoms with Crippen LogP contribution in [0.4, 0.5) is 0 Å². The average molecular weight is 282 g/mol. The molecule has 0 aliphatic carbocycles. The van der Waals surface area contributed by atoms with Gasteiger partial charge in [0.2, 0.25) is 0 Å². The first-order valence-corrected chi connectivity index (χ1v) is 7.66. The van der Waals surface area contributed by atoms with Crippen LogP contribution >= 0.6 is 0 Å². The monoisotopic (exact) mass is 282 g/mol. The fourth-order valence-electron chi connectivity index (χ4n) is 2.80. The molecule has 2 heterocycles. The first-order valence-electron chi connectivity index (χ1n) is 7.66. The van der Waals surface area contributed by atoms with Gasteiger partial charge < -0.3 is 4.74 Å². The van der Waals surface area contributed by atoms with Crippen LogP contribution in [0.1, 0.15) is 24.1 Å². The lowest BCUT2D eigenvalue weighted by atomic mass is 10.1. The molecule has 3 rings (SSSR count). The summed E-state index contributed by atoms with van der Waals surface area (Å²) in [5.41, 5.74) is 2.36. The summed E-state index contributed by atoms with van der Waals surface area (Å²) >= 11 is 0.